The molecule has 0 saturated heterocycles. The summed E-state index contributed by atoms with van der Waals surface area (Å²) < 4.78 is 47.8. The number of halogens is 3. The molecule has 0 saturated carbocycles. The minimum atomic E-state index is -4.58. The van der Waals surface area contributed by atoms with Crippen molar-refractivity contribution in [3.63, 3.8) is 0 Å². The van der Waals surface area contributed by atoms with E-state index in [9.17, 15) is 18.0 Å². The molecule has 9 heteroatoms. The average molecular weight is 452 g/mol. The molecule has 1 aliphatic heterocycles. The fourth-order valence-corrected chi connectivity index (χ4v) is 4.02. The highest BCUT2D eigenvalue weighted by molar-refractivity contribution is 5.76. The number of hydrazine groups is 1. The molecule has 0 spiro atoms. The second-order valence-corrected chi connectivity index (χ2v) is 7.67. The van der Waals surface area contributed by atoms with Crippen LogP contribution in [0.25, 0.3) is 11.3 Å². The number of para-hydroxylation sites is 1. The molecule has 1 aliphatic carbocycles. The predicted octanol–water partition coefficient (Wildman–Crippen LogP) is 4.50. The highest BCUT2D eigenvalue weighted by Crippen LogP contribution is 2.43. The van der Waals surface area contributed by atoms with Crippen LogP contribution in [0.5, 0.6) is 5.75 Å². The van der Waals surface area contributed by atoms with E-state index in [1.54, 1.807) is 24.3 Å². The van der Waals surface area contributed by atoms with Gasteiger partial charge in [-0.1, -0.05) is 30.4 Å². The molecule has 0 fully saturated rings. The van der Waals surface area contributed by atoms with E-state index in [-0.39, 0.29) is 18.6 Å². The molecule has 6 nitrogen and oxygen atoms in total. The van der Waals surface area contributed by atoms with Crippen LogP contribution in [0.2, 0.25) is 0 Å². The van der Waals surface area contributed by atoms with Crippen molar-refractivity contribution >= 4 is 17.5 Å². The normalized spacial score (nSPS) is 18.8. The predicted molar refractivity (Wildman–Crippen MR) is 117 cm³/mol. The van der Waals surface area contributed by atoms with Gasteiger partial charge in [0.2, 0.25) is 0 Å². The number of hydrogen-bond donors (Lipinski definition) is 2. The highest BCUT2D eigenvalue weighted by Gasteiger charge is 2.37. The Morgan fingerprint density at radius 2 is 1.91 bits per heavy atom. The van der Waals surface area contributed by atoms with Crippen LogP contribution in [-0.4, -0.2) is 28.7 Å². The molecule has 3 aromatic rings. The van der Waals surface area contributed by atoms with Crippen LogP contribution in [0, 0.1) is 0 Å². The van der Waals surface area contributed by atoms with Gasteiger partial charge in [-0.15, -0.1) is 0 Å². The Bertz CT molecular complexity index is 1250. The van der Waals surface area contributed by atoms with Crippen LogP contribution in [0.15, 0.2) is 72.8 Å². The number of carbonyl (C=O) groups is 1. The number of anilines is 1. The zero-order valence-corrected chi connectivity index (χ0v) is 17.2. The molecule has 2 atom stereocenters. The molecule has 5 rings (SSSR count). The third-order valence-corrected chi connectivity index (χ3v) is 5.55. The largest absolute Gasteiger partial charge is 0.485 e. The van der Waals surface area contributed by atoms with Gasteiger partial charge in [-0.25, -0.2) is 10.1 Å². The van der Waals surface area contributed by atoms with Crippen molar-refractivity contribution in [3.05, 3.63) is 89.8 Å². The first kappa shape index (κ1) is 21.0. The number of benzene rings is 2. The first-order valence-electron chi connectivity index (χ1n) is 10.3. The fourth-order valence-electron chi connectivity index (χ4n) is 4.02. The van der Waals surface area contributed by atoms with Crippen LogP contribution < -0.4 is 15.6 Å². The van der Waals surface area contributed by atoms with Crippen molar-refractivity contribution in [3.8, 4) is 11.4 Å². The summed E-state index contributed by atoms with van der Waals surface area (Å²) in [7, 11) is 0. The molecule has 2 aromatic carbocycles. The van der Waals surface area contributed by atoms with Gasteiger partial charge in [-0.05, 0) is 48.0 Å². The number of rotatable bonds is 6. The SMILES string of the molecule is O=CCNNc1ccc(-n2nc(C(F)(F)F)cc2C2=CC3Oc4ccccc4C3C=C2)cc1. The van der Waals surface area contributed by atoms with Crippen molar-refractivity contribution in [2.75, 3.05) is 12.0 Å². The van der Waals surface area contributed by atoms with Gasteiger partial charge in [-0.3, -0.25) is 0 Å². The number of nitrogens with zero attached hydrogens (tertiary/aromatic N) is 2. The standard InChI is InChI=1S/C24H19F3N4O2/c25-24(26,27)23-14-20(31(30-23)17-8-6-16(7-9-17)29-28-11-12-32)15-5-10-19-18-3-1-2-4-21(18)33-22(19)13-15/h1-10,12-14,19,22,28-29H,11H2. The Hall–Kier alpha value is -3.85. The number of alkyl halides is 3. The Morgan fingerprint density at radius 1 is 1.12 bits per heavy atom. The zero-order valence-electron chi connectivity index (χ0n) is 17.2. The number of hydrogen-bond acceptors (Lipinski definition) is 5. The summed E-state index contributed by atoms with van der Waals surface area (Å²) in [5, 5.41) is 3.85. The summed E-state index contributed by atoms with van der Waals surface area (Å²) in [6, 6.07) is 15.4. The molecule has 2 unspecified atom stereocenters. The topological polar surface area (TPSA) is 68.2 Å². The lowest BCUT2D eigenvalue weighted by molar-refractivity contribution is -0.141. The average Bonchev–Trinajstić information content (AvgIpc) is 3.41. The van der Waals surface area contributed by atoms with Gasteiger partial charge in [0.05, 0.1) is 17.9 Å². The maximum Gasteiger partial charge on any atom is 0.435 e. The number of aldehydes is 1. The molecule has 0 radical (unpaired) electrons. The Kier molecular flexibility index (Phi) is 5.26. The van der Waals surface area contributed by atoms with Crippen LogP contribution in [0.4, 0.5) is 18.9 Å². The zero-order chi connectivity index (χ0) is 23.0. The first-order chi connectivity index (χ1) is 15.9. The Balaban J connectivity index is 1.49. The number of ether oxygens (including phenoxy) is 1. The molecule has 0 bridgehead atoms. The summed E-state index contributed by atoms with van der Waals surface area (Å²) in [4.78, 5) is 10.4. The van der Waals surface area contributed by atoms with Crippen LogP contribution in [0.1, 0.15) is 22.9 Å². The van der Waals surface area contributed by atoms with Gasteiger partial charge in [0.15, 0.2) is 5.69 Å². The molecular formula is C24H19F3N4O2. The molecule has 33 heavy (non-hydrogen) atoms. The van der Waals surface area contributed by atoms with Gasteiger partial charge in [0.25, 0.3) is 0 Å². The molecule has 2 N–H and O–H groups in total. The lowest BCUT2D eigenvalue weighted by Gasteiger charge is -2.19. The van der Waals surface area contributed by atoms with Crippen LogP contribution in [-0.2, 0) is 11.0 Å². The minimum Gasteiger partial charge on any atom is -0.485 e. The molecule has 2 aliphatic rings. The lowest BCUT2D eigenvalue weighted by atomic mass is 9.89. The maximum absolute atomic E-state index is 13.5. The van der Waals surface area contributed by atoms with Gasteiger partial charge < -0.3 is 15.0 Å². The number of nitrogens with one attached hydrogen (secondary N) is 2. The van der Waals surface area contributed by atoms with Gasteiger partial charge in [0.1, 0.15) is 18.1 Å². The van der Waals surface area contributed by atoms with E-state index in [4.69, 9.17) is 4.74 Å². The van der Waals surface area contributed by atoms with E-state index in [1.807, 2.05) is 42.5 Å². The molecule has 0 amide bonds. The molecular weight excluding hydrogens is 433 g/mol. The summed E-state index contributed by atoms with van der Waals surface area (Å²) in [6.07, 6.45) is 1.45. The van der Waals surface area contributed by atoms with E-state index in [2.05, 4.69) is 16.0 Å². The second kappa shape index (κ2) is 8.25. The van der Waals surface area contributed by atoms with E-state index in [0.717, 1.165) is 17.4 Å². The second-order valence-electron chi connectivity index (χ2n) is 7.67. The monoisotopic (exact) mass is 452 g/mol. The third kappa shape index (κ3) is 4.03. The molecule has 1 aromatic heterocycles. The summed E-state index contributed by atoms with van der Waals surface area (Å²) >= 11 is 0. The number of carbonyl (C=O) groups excluding carboxylic acids is 1. The van der Waals surface area contributed by atoms with E-state index in [0.29, 0.717) is 28.9 Å². The van der Waals surface area contributed by atoms with Gasteiger partial charge in [-0.2, -0.15) is 18.3 Å². The van der Waals surface area contributed by atoms with Crippen molar-refractivity contribution in [1.82, 2.24) is 15.2 Å². The Labute approximate surface area is 187 Å². The third-order valence-electron chi connectivity index (χ3n) is 5.55. The summed E-state index contributed by atoms with van der Waals surface area (Å²) in [5.74, 6) is 0.804. The minimum absolute atomic E-state index is 0.0210. The number of fused-ring (bicyclic) bond motifs is 3. The van der Waals surface area contributed by atoms with E-state index in [1.165, 1.54) is 4.68 Å². The summed E-state index contributed by atoms with van der Waals surface area (Å²) in [6.45, 7) is 0.120. The van der Waals surface area contributed by atoms with Crippen LogP contribution in [0.3, 0.4) is 0 Å². The smallest absolute Gasteiger partial charge is 0.435 e. The van der Waals surface area contributed by atoms with E-state index < -0.39 is 11.9 Å². The highest BCUT2D eigenvalue weighted by atomic mass is 19.4. The quantitative estimate of drug-likeness (QED) is 0.327. The lowest BCUT2D eigenvalue weighted by Crippen LogP contribution is -2.23. The first-order valence-corrected chi connectivity index (χ1v) is 10.3. The Morgan fingerprint density at radius 3 is 2.67 bits per heavy atom. The van der Waals surface area contributed by atoms with Crippen molar-refractivity contribution in [2.24, 2.45) is 0 Å². The van der Waals surface area contributed by atoms with Crippen LogP contribution >= 0.6 is 0 Å². The van der Waals surface area contributed by atoms with Gasteiger partial charge >= 0.3 is 6.18 Å². The van der Waals surface area contributed by atoms with E-state index >= 15 is 0 Å². The van der Waals surface area contributed by atoms with Crippen molar-refractivity contribution < 1.29 is 22.7 Å². The molecule has 2 heterocycles. The summed E-state index contributed by atoms with van der Waals surface area (Å²) in [5.41, 5.74) is 7.66. The van der Waals surface area contributed by atoms with Gasteiger partial charge in [0, 0.05) is 17.2 Å². The number of allylic oxidation sites excluding steroid dienone is 2. The molecule has 168 valence electrons. The van der Waals surface area contributed by atoms with Crippen molar-refractivity contribution in [1.29, 1.82) is 0 Å². The van der Waals surface area contributed by atoms with Crippen molar-refractivity contribution in [2.45, 2.75) is 18.2 Å². The number of aromatic nitrogens is 2. The fraction of sp³-hybridized carbons (Fsp3) is 0.167. The maximum atomic E-state index is 13.5.